The number of rotatable bonds is 6. The molecule has 0 fully saturated rings. The van der Waals surface area contributed by atoms with Gasteiger partial charge in [0, 0.05) is 19.6 Å². The molecule has 1 amide bonds. The van der Waals surface area contributed by atoms with E-state index in [1.54, 1.807) is 26.0 Å². The van der Waals surface area contributed by atoms with Crippen molar-refractivity contribution in [1.29, 1.82) is 0 Å². The number of carbonyl (C=O) groups is 1. The Morgan fingerprint density at radius 3 is 2.18 bits per heavy atom. The summed E-state index contributed by atoms with van der Waals surface area (Å²) in [5, 5.41) is 2.29. The van der Waals surface area contributed by atoms with Gasteiger partial charge in [-0.2, -0.15) is 4.31 Å². The molecule has 152 valence electrons. The largest absolute Gasteiger partial charge is 0.347 e. The summed E-state index contributed by atoms with van der Waals surface area (Å²) >= 11 is 23.6. The number of aromatic nitrogens is 1. The third-order valence-corrected chi connectivity index (χ3v) is 7.71. The average molecular weight is 485 g/mol. The van der Waals surface area contributed by atoms with Crippen LogP contribution < -0.4 is 5.32 Å². The van der Waals surface area contributed by atoms with Gasteiger partial charge in [-0.15, -0.1) is 0 Å². The molecule has 11 heteroatoms. The summed E-state index contributed by atoms with van der Waals surface area (Å²) in [4.78, 5) is 16.3. The van der Waals surface area contributed by atoms with E-state index in [0.29, 0.717) is 5.56 Å². The highest BCUT2D eigenvalue weighted by molar-refractivity contribution is 7.89. The lowest BCUT2D eigenvalue weighted by atomic mass is 10.2. The molecule has 0 aliphatic carbocycles. The first-order chi connectivity index (χ1) is 13.0. The number of hydrogen-bond acceptors (Lipinski definition) is 4. The van der Waals surface area contributed by atoms with E-state index in [1.807, 2.05) is 0 Å². The quantitative estimate of drug-likeness (QED) is 0.605. The molecule has 1 aromatic heterocycles. The Morgan fingerprint density at radius 1 is 1.07 bits per heavy atom. The van der Waals surface area contributed by atoms with Crippen LogP contribution >= 0.6 is 46.4 Å². The lowest BCUT2D eigenvalue weighted by molar-refractivity contribution is 0.0946. The van der Waals surface area contributed by atoms with Crippen molar-refractivity contribution in [2.75, 3.05) is 7.05 Å². The molecule has 0 atom stereocenters. The van der Waals surface area contributed by atoms with Gasteiger partial charge in [-0.05, 0) is 31.5 Å². The van der Waals surface area contributed by atoms with Crippen molar-refractivity contribution in [3.05, 3.63) is 55.7 Å². The van der Waals surface area contributed by atoms with E-state index in [1.165, 1.54) is 23.5 Å². The van der Waals surface area contributed by atoms with E-state index in [9.17, 15) is 13.2 Å². The van der Waals surface area contributed by atoms with Crippen LogP contribution in [0.3, 0.4) is 0 Å². The standard InChI is InChI=1S/C17H17Cl4N3O3S/c1-9(2)24(3)28(26,27)11-6-4-10(5-7-11)8-22-17(25)15-13(19)12(18)14(20)16(21)23-15/h4-7,9H,8H2,1-3H3,(H,22,25). The molecule has 1 aromatic carbocycles. The summed E-state index contributed by atoms with van der Waals surface area (Å²) in [5.41, 5.74) is 0.528. The van der Waals surface area contributed by atoms with Crippen molar-refractivity contribution < 1.29 is 13.2 Å². The Kier molecular flexibility index (Phi) is 7.58. The van der Waals surface area contributed by atoms with E-state index in [2.05, 4.69) is 10.3 Å². The first kappa shape index (κ1) is 23.2. The van der Waals surface area contributed by atoms with Crippen LogP contribution in [0.4, 0.5) is 0 Å². The average Bonchev–Trinajstić information content (AvgIpc) is 2.66. The first-order valence-corrected chi connectivity index (χ1v) is 11.0. The number of nitrogens with zero attached hydrogens (tertiary/aromatic N) is 2. The summed E-state index contributed by atoms with van der Waals surface area (Å²) in [7, 11) is -2.05. The van der Waals surface area contributed by atoms with Crippen molar-refractivity contribution in [3.8, 4) is 0 Å². The van der Waals surface area contributed by atoms with E-state index >= 15 is 0 Å². The van der Waals surface area contributed by atoms with Gasteiger partial charge in [0.05, 0.1) is 20.0 Å². The van der Waals surface area contributed by atoms with Crippen molar-refractivity contribution in [1.82, 2.24) is 14.6 Å². The molecular formula is C17H17Cl4N3O3S. The normalized spacial score (nSPS) is 11.9. The summed E-state index contributed by atoms with van der Waals surface area (Å²) in [5.74, 6) is -0.596. The Balaban J connectivity index is 2.13. The molecular weight excluding hydrogens is 468 g/mol. The second-order valence-electron chi connectivity index (χ2n) is 6.13. The SMILES string of the molecule is CC(C)N(C)S(=O)(=O)c1ccc(CNC(=O)c2nc(Cl)c(Cl)c(Cl)c2Cl)cc1. The second-order valence-corrected chi connectivity index (χ2v) is 9.62. The van der Waals surface area contributed by atoms with Crippen molar-refractivity contribution in [2.24, 2.45) is 0 Å². The van der Waals surface area contributed by atoms with Gasteiger partial charge in [0.15, 0.2) is 0 Å². The number of nitrogens with one attached hydrogen (secondary N) is 1. The van der Waals surface area contributed by atoms with Crippen LogP contribution in [0.5, 0.6) is 0 Å². The number of benzene rings is 1. The number of carbonyl (C=O) groups excluding carboxylic acids is 1. The van der Waals surface area contributed by atoms with Crippen molar-refractivity contribution in [2.45, 2.75) is 31.3 Å². The Morgan fingerprint density at radius 2 is 1.64 bits per heavy atom. The number of sulfonamides is 1. The van der Waals surface area contributed by atoms with Gasteiger partial charge < -0.3 is 5.32 Å². The molecule has 1 N–H and O–H groups in total. The van der Waals surface area contributed by atoms with E-state index in [-0.39, 0.29) is 43.4 Å². The fraction of sp³-hybridized carbons (Fsp3) is 0.294. The third kappa shape index (κ3) is 4.90. The van der Waals surface area contributed by atoms with Crippen LogP contribution in [0.2, 0.25) is 20.2 Å². The highest BCUT2D eigenvalue weighted by Gasteiger charge is 2.23. The highest BCUT2D eigenvalue weighted by Crippen LogP contribution is 2.36. The molecule has 6 nitrogen and oxygen atoms in total. The van der Waals surface area contributed by atoms with E-state index in [0.717, 1.165) is 0 Å². The molecule has 0 saturated carbocycles. The maximum Gasteiger partial charge on any atom is 0.271 e. The van der Waals surface area contributed by atoms with Gasteiger partial charge in [0.25, 0.3) is 5.91 Å². The van der Waals surface area contributed by atoms with Crippen LogP contribution in [-0.2, 0) is 16.6 Å². The first-order valence-electron chi connectivity index (χ1n) is 8.02. The molecule has 0 unspecified atom stereocenters. The molecule has 0 bridgehead atoms. The van der Waals surface area contributed by atoms with E-state index in [4.69, 9.17) is 46.4 Å². The minimum atomic E-state index is -3.57. The van der Waals surface area contributed by atoms with Crippen LogP contribution in [-0.4, -0.2) is 36.7 Å². The van der Waals surface area contributed by atoms with E-state index < -0.39 is 15.9 Å². The Hall–Kier alpha value is -1.09. The topological polar surface area (TPSA) is 79.4 Å². The third-order valence-electron chi connectivity index (χ3n) is 3.98. The predicted octanol–water partition coefficient (Wildman–Crippen LogP) is 4.65. The maximum absolute atomic E-state index is 12.5. The molecule has 2 aromatic rings. The zero-order valence-electron chi connectivity index (χ0n) is 15.1. The van der Waals surface area contributed by atoms with Crippen molar-refractivity contribution >= 4 is 62.3 Å². The molecule has 0 spiro atoms. The summed E-state index contributed by atoms with van der Waals surface area (Å²) in [6.45, 7) is 3.70. The molecule has 0 saturated heterocycles. The van der Waals surface area contributed by atoms with Gasteiger partial charge in [0.2, 0.25) is 10.0 Å². The lowest BCUT2D eigenvalue weighted by Gasteiger charge is -2.21. The van der Waals surface area contributed by atoms with Crippen LogP contribution in [0.15, 0.2) is 29.2 Å². The fourth-order valence-electron chi connectivity index (χ4n) is 2.13. The number of amides is 1. The minimum absolute atomic E-state index is 0.0342. The molecule has 28 heavy (non-hydrogen) atoms. The zero-order valence-corrected chi connectivity index (χ0v) is 19.0. The zero-order chi connectivity index (χ0) is 21.2. The van der Waals surface area contributed by atoms with Gasteiger partial charge in [-0.1, -0.05) is 58.5 Å². The predicted molar refractivity (Wildman–Crippen MR) is 112 cm³/mol. The van der Waals surface area contributed by atoms with Gasteiger partial charge in [0.1, 0.15) is 10.8 Å². The molecule has 1 heterocycles. The van der Waals surface area contributed by atoms with Crippen molar-refractivity contribution in [3.63, 3.8) is 0 Å². The number of halogens is 4. The molecule has 2 rings (SSSR count). The second kappa shape index (κ2) is 9.15. The van der Waals surface area contributed by atoms with Gasteiger partial charge >= 0.3 is 0 Å². The molecule has 0 radical (unpaired) electrons. The Labute approximate surface area is 183 Å². The van der Waals surface area contributed by atoms with Gasteiger partial charge in [-0.3, -0.25) is 4.79 Å². The highest BCUT2D eigenvalue weighted by atomic mass is 35.5. The summed E-state index contributed by atoms with van der Waals surface area (Å²) < 4.78 is 26.2. The summed E-state index contributed by atoms with van der Waals surface area (Å²) in [6.07, 6.45) is 0. The Bertz CT molecular complexity index is 996. The molecule has 0 aliphatic rings. The van der Waals surface area contributed by atoms with Crippen LogP contribution in [0, 0.1) is 0 Å². The van der Waals surface area contributed by atoms with Crippen LogP contribution in [0.25, 0.3) is 0 Å². The summed E-state index contributed by atoms with van der Waals surface area (Å²) in [6, 6.07) is 6.02. The van der Waals surface area contributed by atoms with Crippen LogP contribution in [0.1, 0.15) is 29.9 Å². The lowest BCUT2D eigenvalue weighted by Crippen LogP contribution is -2.33. The van der Waals surface area contributed by atoms with Gasteiger partial charge in [-0.25, -0.2) is 13.4 Å². The monoisotopic (exact) mass is 483 g/mol. The maximum atomic E-state index is 12.5. The molecule has 0 aliphatic heterocycles. The smallest absolute Gasteiger partial charge is 0.271 e. The number of pyridine rings is 1. The number of hydrogen-bond donors (Lipinski definition) is 1. The fourth-order valence-corrected chi connectivity index (χ4v) is 4.31. The minimum Gasteiger partial charge on any atom is -0.347 e.